The highest BCUT2D eigenvalue weighted by Crippen LogP contribution is 2.25. The van der Waals surface area contributed by atoms with Crippen molar-refractivity contribution in [3.63, 3.8) is 0 Å². The van der Waals surface area contributed by atoms with Crippen LogP contribution in [0.5, 0.6) is 0 Å². The van der Waals surface area contributed by atoms with Crippen LogP contribution in [0, 0.1) is 0 Å². The Morgan fingerprint density at radius 1 is 1.19 bits per heavy atom. The summed E-state index contributed by atoms with van der Waals surface area (Å²) in [5, 5.41) is 8.24. The molecule has 3 rings (SSSR count). The number of nitrogens with zero attached hydrogens (tertiary/aromatic N) is 2. The van der Waals surface area contributed by atoms with E-state index in [4.69, 9.17) is 17.3 Å². The van der Waals surface area contributed by atoms with E-state index in [1.807, 2.05) is 57.2 Å². The summed E-state index contributed by atoms with van der Waals surface area (Å²) in [6.45, 7) is 6.05. The molecule has 6 heteroatoms. The molecule has 3 aromatic rings. The van der Waals surface area contributed by atoms with Crippen molar-refractivity contribution in [2.75, 3.05) is 5.73 Å². The summed E-state index contributed by atoms with van der Waals surface area (Å²) in [4.78, 5) is 12.4. The molecular weight excluding hydrogens is 360 g/mol. The van der Waals surface area contributed by atoms with Crippen LogP contribution in [0.1, 0.15) is 37.6 Å². The SMILES string of the molecule is CCC(C)(C)NC(=O)c1ccc(-n2nc(-c3cccc(Cl)c3)cc2N)cc1. The van der Waals surface area contributed by atoms with Gasteiger partial charge in [0.05, 0.1) is 11.4 Å². The standard InChI is InChI=1S/C21H23ClN4O/c1-4-21(2,3)24-20(27)14-8-10-17(11-9-14)26-19(23)13-18(25-26)15-6-5-7-16(22)12-15/h5-13H,4,23H2,1-3H3,(H,24,27). The fourth-order valence-electron chi connectivity index (χ4n) is 2.61. The molecule has 5 nitrogen and oxygen atoms in total. The van der Waals surface area contributed by atoms with E-state index in [0.717, 1.165) is 23.4 Å². The predicted octanol–water partition coefficient (Wildman–Crippen LogP) is 4.69. The molecule has 1 aromatic heterocycles. The van der Waals surface area contributed by atoms with E-state index in [2.05, 4.69) is 10.4 Å². The zero-order valence-electron chi connectivity index (χ0n) is 15.7. The van der Waals surface area contributed by atoms with Crippen LogP contribution in [0.3, 0.4) is 0 Å². The Morgan fingerprint density at radius 3 is 2.52 bits per heavy atom. The Kier molecular flexibility index (Phi) is 5.24. The summed E-state index contributed by atoms with van der Waals surface area (Å²) >= 11 is 6.06. The van der Waals surface area contributed by atoms with Gasteiger partial charge in [-0.2, -0.15) is 5.10 Å². The number of nitrogen functional groups attached to an aromatic ring is 1. The van der Waals surface area contributed by atoms with E-state index in [1.54, 1.807) is 22.9 Å². The Balaban J connectivity index is 1.85. The van der Waals surface area contributed by atoms with Crippen LogP contribution in [0.2, 0.25) is 5.02 Å². The molecule has 0 radical (unpaired) electrons. The summed E-state index contributed by atoms with van der Waals surface area (Å²) in [6.07, 6.45) is 0.854. The monoisotopic (exact) mass is 382 g/mol. The second-order valence-corrected chi connectivity index (χ2v) is 7.55. The third kappa shape index (κ3) is 4.31. The van der Waals surface area contributed by atoms with Gasteiger partial charge in [0.1, 0.15) is 5.82 Å². The lowest BCUT2D eigenvalue weighted by molar-refractivity contribution is 0.0911. The first-order valence-corrected chi connectivity index (χ1v) is 9.21. The molecule has 140 valence electrons. The number of carbonyl (C=O) groups is 1. The van der Waals surface area contributed by atoms with Crippen LogP contribution < -0.4 is 11.1 Å². The minimum atomic E-state index is -0.242. The molecule has 1 amide bonds. The third-order valence-electron chi connectivity index (χ3n) is 4.57. The molecule has 3 N–H and O–H groups in total. The number of rotatable bonds is 5. The smallest absolute Gasteiger partial charge is 0.251 e. The molecule has 0 aliphatic heterocycles. The Hall–Kier alpha value is -2.79. The number of benzene rings is 2. The average molecular weight is 383 g/mol. The van der Waals surface area contributed by atoms with Crippen molar-refractivity contribution in [2.45, 2.75) is 32.7 Å². The zero-order valence-corrected chi connectivity index (χ0v) is 16.4. The summed E-state index contributed by atoms with van der Waals surface area (Å²) in [5.74, 6) is 0.413. The molecule has 0 bridgehead atoms. The number of anilines is 1. The normalized spacial score (nSPS) is 11.4. The Labute approximate surface area is 164 Å². The topological polar surface area (TPSA) is 72.9 Å². The van der Waals surface area contributed by atoms with E-state index in [9.17, 15) is 4.79 Å². The highest BCUT2D eigenvalue weighted by molar-refractivity contribution is 6.30. The summed E-state index contributed by atoms with van der Waals surface area (Å²) in [7, 11) is 0. The summed E-state index contributed by atoms with van der Waals surface area (Å²) in [6, 6.07) is 16.5. The minimum absolute atomic E-state index is 0.0959. The molecule has 0 spiro atoms. The summed E-state index contributed by atoms with van der Waals surface area (Å²) < 4.78 is 1.65. The van der Waals surface area contributed by atoms with E-state index < -0.39 is 0 Å². The van der Waals surface area contributed by atoms with Gasteiger partial charge >= 0.3 is 0 Å². The quantitative estimate of drug-likeness (QED) is 0.672. The van der Waals surface area contributed by atoms with Gasteiger partial charge in [0.15, 0.2) is 0 Å². The van der Waals surface area contributed by atoms with Crippen LogP contribution in [0.25, 0.3) is 16.9 Å². The maximum atomic E-state index is 12.4. The van der Waals surface area contributed by atoms with Crippen molar-refractivity contribution >= 4 is 23.3 Å². The van der Waals surface area contributed by atoms with Gasteiger partial charge in [-0.15, -0.1) is 0 Å². The number of nitrogens with two attached hydrogens (primary N) is 1. The van der Waals surface area contributed by atoms with Gasteiger partial charge in [-0.3, -0.25) is 4.79 Å². The molecule has 0 saturated carbocycles. The second kappa shape index (κ2) is 7.45. The third-order valence-corrected chi connectivity index (χ3v) is 4.80. The van der Waals surface area contributed by atoms with E-state index in [0.29, 0.717) is 16.4 Å². The highest BCUT2D eigenvalue weighted by Gasteiger charge is 2.19. The van der Waals surface area contributed by atoms with Crippen LogP contribution in [-0.4, -0.2) is 21.2 Å². The van der Waals surface area contributed by atoms with Crippen LogP contribution in [-0.2, 0) is 0 Å². The molecule has 0 unspecified atom stereocenters. The number of carbonyl (C=O) groups excluding carboxylic acids is 1. The van der Waals surface area contributed by atoms with Crippen LogP contribution in [0.15, 0.2) is 54.6 Å². The molecule has 2 aromatic carbocycles. The van der Waals surface area contributed by atoms with E-state index in [1.165, 1.54) is 0 Å². The second-order valence-electron chi connectivity index (χ2n) is 7.12. The van der Waals surface area contributed by atoms with Crippen LogP contribution >= 0.6 is 11.6 Å². The first-order valence-electron chi connectivity index (χ1n) is 8.83. The molecular formula is C21H23ClN4O. The maximum absolute atomic E-state index is 12.4. The van der Waals surface area contributed by atoms with Gasteiger partial charge in [0.25, 0.3) is 5.91 Å². The van der Waals surface area contributed by atoms with Crippen LogP contribution in [0.4, 0.5) is 5.82 Å². The van der Waals surface area contributed by atoms with Gasteiger partial charge in [0, 0.05) is 27.8 Å². The fraction of sp³-hybridized carbons (Fsp3) is 0.238. The lowest BCUT2D eigenvalue weighted by Crippen LogP contribution is -2.42. The zero-order chi connectivity index (χ0) is 19.6. The van der Waals surface area contributed by atoms with Gasteiger partial charge in [-0.1, -0.05) is 30.7 Å². The van der Waals surface area contributed by atoms with E-state index in [-0.39, 0.29) is 11.4 Å². The van der Waals surface area contributed by atoms with Crippen molar-refractivity contribution in [3.05, 3.63) is 65.2 Å². The first kappa shape index (κ1) is 19.0. The van der Waals surface area contributed by atoms with Crippen molar-refractivity contribution in [1.82, 2.24) is 15.1 Å². The molecule has 0 fully saturated rings. The van der Waals surface area contributed by atoms with Gasteiger partial charge in [-0.05, 0) is 56.7 Å². The number of hydrogen-bond donors (Lipinski definition) is 2. The maximum Gasteiger partial charge on any atom is 0.251 e. The van der Waals surface area contributed by atoms with Crippen molar-refractivity contribution in [3.8, 4) is 16.9 Å². The Bertz CT molecular complexity index is 961. The van der Waals surface area contributed by atoms with Gasteiger partial charge in [-0.25, -0.2) is 4.68 Å². The number of aromatic nitrogens is 2. The number of halogens is 1. The predicted molar refractivity (Wildman–Crippen MR) is 110 cm³/mol. The molecule has 0 aliphatic rings. The number of amides is 1. The minimum Gasteiger partial charge on any atom is -0.384 e. The molecule has 0 aliphatic carbocycles. The molecule has 0 atom stereocenters. The van der Waals surface area contributed by atoms with Gasteiger partial charge < -0.3 is 11.1 Å². The average Bonchev–Trinajstić information content (AvgIpc) is 3.03. The lowest BCUT2D eigenvalue weighted by Gasteiger charge is -2.24. The van der Waals surface area contributed by atoms with Crippen molar-refractivity contribution in [2.24, 2.45) is 0 Å². The number of hydrogen-bond acceptors (Lipinski definition) is 3. The van der Waals surface area contributed by atoms with Crippen molar-refractivity contribution < 1.29 is 4.79 Å². The molecule has 1 heterocycles. The number of nitrogens with one attached hydrogen (secondary N) is 1. The Morgan fingerprint density at radius 2 is 1.89 bits per heavy atom. The lowest BCUT2D eigenvalue weighted by atomic mass is 10.0. The van der Waals surface area contributed by atoms with Gasteiger partial charge in [0.2, 0.25) is 0 Å². The highest BCUT2D eigenvalue weighted by atomic mass is 35.5. The fourth-order valence-corrected chi connectivity index (χ4v) is 2.80. The molecule has 27 heavy (non-hydrogen) atoms. The van der Waals surface area contributed by atoms with Crippen molar-refractivity contribution in [1.29, 1.82) is 0 Å². The van der Waals surface area contributed by atoms with E-state index >= 15 is 0 Å². The summed E-state index contributed by atoms with van der Waals surface area (Å²) in [5.41, 5.74) is 8.91. The largest absolute Gasteiger partial charge is 0.384 e. The molecule has 0 saturated heterocycles. The first-order chi connectivity index (χ1) is 12.8.